The number of anilines is 1. The molecule has 3 heterocycles. The third-order valence-corrected chi connectivity index (χ3v) is 8.21. The topological polar surface area (TPSA) is 75.6 Å². The first-order valence-corrected chi connectivity index (χ1v) is 12.8. The van der Waals surface area contributed by atoms with Gasteiger partial charge >= 0.3 is 0 Å². The van der Waals surface area contributed by atoms with Gasteiger partial charge < -0.3 is 9.64 Å². The van der Waals surface area contributed by atoms with Crippen molar-refractivity contribution in [3.05, 3.63) is 65.9 Å². The molecule has 0 aliphatic carbocycles. The molecule has 2 aliphatic rings. The number of fused-ring (bicyclic) bond motifs is 1. The fourth-order valence-electron chi connectivity index (χ4n) is 4.57. The molecule has 5 rings (SSSR count). The van der Waals surface area contributed by atoms with Gasteiger partial charge in [-0.1, -0.05) is 36.4 Å². The predicted octanol–water partition coefficient (Wildman–Crippen LogP) is 3.89. The summed E-state index contributed by atoms with van der Waals surface area (Å²) >= 11 is 0. The Hall–Kier alpha value is -2.97. The molecular weight excluding hydrogens is 436 g/mol. The van der Waals surface area contributed by atoms with Gasteiger partial charge in [0.05, 0.1) is 17.7 Å². The first-order valence-electron chi connectivity index (χ1n) is 11.4. The van der Waals surface area contributed by atoms with Gasteiger partial charge in [-0.25, -0.2) is 18.4 Å². The van der Waals surface area contributed by atoms with E-state index in [1.54, 1.807) is 28.6 Å². The summed E-state index contributed by atoms with van der Waals surface area (Å²) in [5.74, 6) is 2.11. The van der Waals surface area contributed by atoms with Crippen LogP contribution in [0.1, 0.15) is 30.5 Å². The number of aromatic nitrogens is 2. The highest BCUT2D eigenvalue weighted by Crippen LogP contribution is 2.33. The van der Waals surface area contributed by atoms with Crippen molar-refractivity contribution in [3.63, 3.8) is 0 Å². The van der Waals surface area contributed by atoms with Crippen molar-refractivity contribution < 1.29 is 13.2 Å². The number of piperidine rings is 1. The maximum absolute atomic E-state index is 13.5. The first-order chi connectivity index (χ1) is 16.1. The molecule has 3 aromatic rings. The number of nitrogens with zero attached hydrogens (tertiary/aromatic N) is 4. The number of hydrogen-bond donors (Lipinski definition) is 0. The molecule has 0 bridgehead atoms. The van der Waals surface area contributed by atoms with Crippen LogP contribution in [0.15, 0.2) is 59.5 Å². The lowest BCUT2D eigenvalue weighted by atomic mass is 10.0. The van der Waals surface area contributed by atoms with E-state index in [0.29, 0.717) is 24.5 Å². The van der Waals surface area contributed by atoms with Crippen LogP contribution in [0.4, 0.5) is 5.82 Å². The Kier molecular flexibility index (Phi) is 6.03. The molecule has 0 saturated carbocycles. The van der Waals surface area contributed by atoms with E-state index in [4.69, 9.17) is 14.7 Å². The van der Waals surface area contributed by atoms with Crippen molar-refractivity contribution in [3.8, 4) is 17.1 Å². The lowest BCUT2D eigenvalue weighted by Gasteiger charge is -2.34. The van der Waals surface area contributed by atoms with Gasteiger partial charge in [-0.2, -0.15) is 4.31 Å². The number of rotatable bonds is 5. The lowest BCUT2D eigenvalue weighted by Crippen LogP contribution is -2.39. The van der Waals surface area contributed by atoms with Gasteiger partial charge in [0.1, 0.15) is 11.6 Å². The highest BCUT2D eigenvalue weighted by atomic mass is 32.2. The average molecular weight is 465 g/mol. The molecule has 2 aromatic carbocycles. The van der Waals surface area contributed by atoms with Crippen molar-refractivity contribution in [2.45, 2.75) is 37.1 Å². The number of ether oxygens (including phenoxy) is 1. The summed E-state index contributed by atoms with van der Waals surface area (Å²) < 4.78 is 33.7. The minimum Gasteiger partial charge on any atom is -0.497 e. The molecule has 33 heavy (non-hydrogen) atoms. The second kappa shape index (κ2) is 9.11. The van der Waals surface area contributed by atoms with Gasteiger partial charge in [-0.05, 0) is 31.4 Å². The Morgan fingerprint density at radius 2 is 1.70 bits per heavy atom. The molecule has 0 atom stereocenters. The van der Waals surface area contributed by atoms with Crippen molar-refractivity contribution >= 4 is 15.8 Å². The largest absolute Gasteiger partial charge is 0.497 e. The van der Waals surface area contributed by atoms with E-state index >= 15 is 0 Å². The Morgan fingerprint density at radius 1 is 0.909 bits per heavy atom. The Morgan fingerprint density at radius 3 is 2.45 bits per heavy atom. The van der Waals surface area contributed by atoms with E-state index in [0.717, 1.165) is 48.6 Å². The van der Waals surface area contributed by atoms with Crippen LogP contribution < -0.4 is 9.64 Å². The molecule has 0 radical (unpaired) electrons. The first kappa shape index (κ1) is 21.9. The lowest BCUT2D eigenvalue weighted by molar-refractivity contribution is 0.385. The third-order valence-electron chi connectivity index (χ3n) is 6.37. The average Bonchev–Trinajstić information content (AvgIpc) is 2.88. The summed E-state index contributed by atoms with van der Waals surface area (Å²) in [6.45, 7) is 2.52. The van der Waals surface area contributed by atoms with Crippen molar-refractivity contribution in [2.75, 3.05) is 31.6 Å². The number of sulfonamides is 1. The second-order valence-corrected chi connectivity index (χ2v) is 10.4. The molecular formula is C25H28N4O3S. The number of hydrogen-bond acceptors (Lipinski definition) is 6. The fraction of sp³-hybridized carbons (Fsp3) is 0.360. The van der Waals surface area contributed by atoms with Gasteiger partial charge in [0.25, 0.3) is 0 Å². The van der Waals surface area contributed by atoms with Crippen LogP contribution in [0.5, 0.6) is 5.75 Å². The van der Waals surface area contributed by atoms with Gasteiger partial charge in [0, 0.05) is 49.8 Å². The molecule has 1 fully saturated rings. The Balaban J connectivity index is 1.54. The second-order valence-electron chi connectivity index (χ2n) is 8.48. The molecule has 0 N–H and O–H groups in total. The van der Waals surface area contributed by atoms with E-state index in [1.165, 1.54) is 13.5 Å². The van der Waals surface area contributed by atoms with Crippen LogP contribution in [-0.2, 0) is 23.0 Å². The van der Waals surface area contributed by atoms with Crippen LogP contribution in [-0.4, -0.2) is 49.4 Å². The number of benzene rings is 2. The minimum atomic E-state index is -3.67. The van der Waals surface area contributed by atoms with Crippen LogP contribution in [0.3, 0.4) is 0 Å². The molecule has 1 aromatic heterocycles. The molecule has 0 spiro atoms. The zero-order valence-corrected chi connectivity index (χ0v) is 19.6. The maximum atomic E-state index is 13.5. The standard InChI is InChI=1S/C25H28N4O3S/c1-32-20-11-8-12-21(17-20)33(30,31)29-16-13-23-22(18-29)25(28-14-6-3-7-15-28)27-24(26-23)19-9-4-2-5-10-19/h2,4-5,8-12,17H,3,6-7,13-16,18H2,1H3. The van der Waals surface area contributed by atoms with Crippen LogP contribution in [0.25, 0.3) is 11.4 Å². The van der Waals surface area contributed by atoms with E-state index in [1.807, 2.05) is 30.3 Å². The monoisotopic (exact) mass is 464 g/mol. The van der Waals surface area contributed by atoms with Crippen molar-refractivity contribution in [1.29, 1.82) is 0 Å². The summed E-state index contributed by atoms with van der Waals surface area (Å²) in [7, 11) is -2.13. The van der Waals surface area contributed by atoms with Crippen molar-refractivity contribution in [2.24, 2.45) is 0 Å². The van der Waals surface area contributed by atoms with Gasteiger partial charge in [-0.15, -0.1) is 0 Å². The summed E-state index contributed by atoms with van der Waals surface area (Å²) in [5, 5.41) is 0. The molecule has 0 amide bonds. The quantitative estimate of drug-likeness (QED) is 0.570. The molecule has 1 saturated heterocycles. The summed E-state index contributed by atoms with van der Waals surface area (Å²) in [4.78, 5) is 12.4. The molecule has 2 aliphatic heterocycles. The molecule has 8 heteroatoms. The minimum absolute atomic E-state index is 0.242. The third kappa shape index (κ3) is 4.32. The normalized spacial score (nSPS) is 16.9. The SMILES string of the molecule is COc1cccc(S(=O)(=O)N2CCc3nc(-c4ccccc4)nc(N4CCCCC4)c3C2)c1. The summed E-state index contributed by atoms with van der Waals surface area (Å²) in [6.07, 6.45) is 4.00. The highest BCUT2D eigenvalue weighted by Gasteiger charge is 2.33. The zero-order valence-electron chi connectivity index (χ0n) is 18.8. The predicted molar refractivity (Wildman–Crippen MR) is 128 cm³/mol. The summed E-state index contributed by atoms with van der Waals surface area (Å²) in [6, 6.07) is 16.6. The smallest absolute Gasteiger partial charge is 0.243 e. The summed E-state index contributed by atoms with van der Waals surface area (Å²) in [5.41, 5.74) is 2.85. The van der Waals surface area contributed by atoms with E-state index < -0.39 is 10.0 Å². The van der Waals surface area contributed by atoms with Crippen LogP contribution in [0.2, 0.25) is 0 Å². The molecule has 0 unspecified atom stereocenters. The van der Waals surface area contributed by atoms with E-state index in [-0.39, 0.29) is 11.4 Å². The highest BCUT2D eigenvalue weighted by molar-refractivity contribution is 7.89. The Labute approximate surface area is 195 Å². The van der Waals surface area contributed by atoms with Crippen LogP contribution >= 0.6 is 0 Å². The van der Waals surface area contributed by atoms with Crippen molar-refractivity contribution in [1.82, 2.24) is 14.3 Å². The van der Waals surface area contributed by atoms with E-state index in [2.05, 4.69) is 4.90 Å². The maximum Gasteiger partial charge on any atom is 0.243 e. The van der Waals surface area contributed by atoms with Gasteiger partial charge in [0.15, 0.2) is 5.82 Å². The van der Waals surface area contributed by atoms with Gasteiger partial charge in [0.2, 0.25) is 10.0 Å². The molecule has 172 valence electrons. The zero-order chi connectivity index (χ0) is 22.8. The van der Waals surface area contributed by atoms with Gasteiger partial charge in [-0.3, -0.25) is 0 Å². The van der Waals surface area contributed by atoms with E-state index in [9.17, 15) is 8.42 Å². The van der Waals surface area contributed by atoms with Crippen LogP contribution in [0, 0.1) is 0 Å². The Bertz CT molecular complexity index is 1240. The number of methoxy groups -OCH3 is 1. The fourth-order valence-corrected chi connectivity index (χ4v) is 6.02. The molecule has 7 nitrogen and oxygen atoms in total.